The average Bonchev–Trinajstić information content (AvgIpc) is 2.93. The van der Waals surface area contributed by atoms with Crippen molar-refractivity contribution >= 4 is 33.1 Å². The van der Waals surface area contributed by atoms with Crippen LogP contribution in [0.5, 0.6) is 11.6 Å². The summed E-state index contributed by atoms with van der Waals surface area (Å²) in [4.78, 5) is 22.5. The SMILES string of the molecule is CC(=O)Nc1cccc(Oc2ncnc3sc4c(c23)CC[C@H](C)C4)c1. The van der Waals surface area contributed by atoms with Gasteiger partial charge in [0, 0.05) is 23.6 Å². The van der Waals surface area contributed by atoms with Gasteiger partial charge in [-0.3, -0.25) is 4.79 Å². The Hall–Kier alpha value is -2.47. The van der Waals surface area contributed by atoms with Crippen molar-refractivity contribution in [2.45, 2.75) is 33.1 Å². The highest BCUT2D eigenvalue weighted by atomic mass is 32.1. The molecular weight excluding hydrogens is 334 g/mol. The molecule has 2 heterocycles. The van der Waals surface area contributed by atoms with E-state index in [4.69, 9.17) is 4.74 Å². The summed E-state index contributed by atoms with van der Waals surface area (Å²) in [6.07, 6.45) is 4.89. The maximum atomic E-state index is 11.2. The van der Waals surface area contributed by atoms with E-state index in [1.165, 1.54) is 23.8 Å². The molecule has 0 saturated heterocycles. The Morgan fingerprint density at radius 3 is 3.08 bits per heavy atom. The Labute approximate surface area is 150 Å². The first kappa shape index (κ1) is 16.0. The summed E-state index contributed by atoms with van der Waals surface area (Å²) in [6, 6.07) is 7.35. The van der Waals surface area contributed by atoms with Crippen LogP contribution in [-0.4, -0.2) is 15.9 Å². The molecule has 0 fully saturated rings. The van der Waals surface area contributed by atoms with Crippen molar-refractivity contribution in [1.29, 1.82) is 0 Å². The number of nitrogens with zero attached hydrogens (tertiary/aromatic N) is 2. The molecular formula is C19H19N3O2S. The van der Waals surface area contributed by atoms with Gasteiger partial charge >= 0.3 is 0 Å². The maximum Gasteiger partial charge on any atom is 0.231 e. The quantitative estimate of drug-likeness (QED) is 0.749. The Morgan fingerprint density at radius 1 is 1.36 bits per heavy atom. The van der Waals surface area contributed by atoms with Crippen LogP contribution < -0.4 is 10.1 Å². The number of carbonyl (C=O) groups is 1. The summed E-state index contributed by atoms with van der Waals surface area (Å²) in [7, 11) is 0. The van der Waals surface area contributed by atoms with Crippen LogP contribution in [0.4, 0.5) is 5.69 Å². The topological polar surface area (TPSA) is 64.1 Å². The van der Waals surface area contributed by atoms with Crippen LogP contribution in [0.1, 0.15) is 30.7 Å². The molecule has 0 spiro atoms. The van der Waals surface area contributed by atoms with Gasteiger partial charge in [0.1, 0.15) is 16.9 Å². The summed E-state index contributed by atoms with van der Waals surface area (Å²) >= 11 is 1.75. The third kappa shape index (κ3) is 3.22. The smallest absolute Gasteiger partial charge is 0.231 e. The van der Waals surface area contributed by atoms with E-state index in [0.29, 0.717) is 23.2 Å². The zero-order valence-corrected chi connectivity index (χ0v) is 15.0. The van der Waals surface area contributed by atoms with Gasteiger partial charge in [0.15, 0.2) is 0 Å². The predicted octanol–water partition coefficient (Wildman–Crippen LogP) is 4.57. The predicted molar refractivity (Wildman–Crippen MR) is 99.4 cm³/mol. The number of anilines is 1. The minimum absolute atomic E-state index is 0.109. The fraction of sp³-hybridized carbons (Fsp3) is 0.316. The number of fused-ring (bicyclic) bond motifs is 3. The highest BCUT2D eigenvalue weighted by molar-refractivity contribution is 7.18. The van der Waals surface area contributed by atoms with Crippen molar-refractivity contribution in [3.05, 3.63) is 41.0 Å². The molecule has 1 amide bonds. The van der Waals surface area contributed by atoms with Crippen molar-refractivity contribution < 1.29 is 9.53 Å². The Balaban J connectivity index is 1.71. The molecule has 1 aliphatic carbocycles. The number of nitrogens with one attached hydrogen (secondary N) is 1. The summed E-state index contributed by atoms with van der Waals surface area (Å²) < 4.78 is 6.07. The molecule has 1 N–H and O–H groups in total. The second-order valence-electron chi connectivity index (χ2n) is 6.52. The van der Waals surface area contributed by atoms with E-state index in [1.54, 1.807) is 23.7 Å². The Kier molecular flexibility index (Phi) is 4.13. The van der Waals surface area contributed by atoms with Gasteiger partial charge in [-0.15, -0.1) is 11.3 Å². The van der Waals surface area contributed by atoms with E-state index in [-0.39, 0.29) is 5.91 Å². The van der Waals surface area contributed by atoms with Crippen LogP contribution in [-0.2, 0) is 17.6 Å². The van der Waals surface area contributed by atoms with Crippen molar-refractivity contribution in [2.24, 2.45) is 5.92 Å². The van der Waals surface area contributed by atoms with E-state index < -0.39 is 0 Å². The average molecular weight is 353 g/mol. The van der Waals surface area contributed by atoms with Crippen LogP contribution in [0.15, 0.2) is 30.6 Å². The first-order chi connectivity index (χ1) is 12.1. The first-order valence-corrected chi connectivity index (χ1v) is 9.22. The normalized spacial score (nSPS) is 16.5. The van der Waals surface area contributed by atoms with Crippen molar-refractivity contribution in [3.63, 3.8) is 0 Å². The van der Waals surface area contributed by atoms with E-state index >= 15 is 0 Å². The molecule has 2 aromatic heterocycles. The molecule has 0 bridgehead atoms. The lowest BCUT2D eigenvalue weighted by Gasteiger charge is -2.18. The fourth-order valence-electron chi connectivity index (χ4n) is 3.28. The molecule has 1 atom stereocenters. The molecule has 0 radical (unpaired) electrons. The summed E-state index contributed by atoms with van der Waals surface area (Å²) in [5, 5.41) is 3.81. The Morgan fingerprint density at radius 2 is 2.24 bits per heavy atom. The third-order valence-corrected chi connectivity index (χ3v) is 5.59. The highest BCUT2D eigenvalue weighted by Crippen LogP contribution is 2.41. The van der Waals surface area contributed by atoms with Gasteiger partial charge in [-0.2, -0.15) is 0 Å². The van der Waals surface area contributed by atoms with Crippen LogP contribution >= 0.6 is 11.3 Å². The van der Waals surface area contributed by atoms with Crippen LogP contribution in [0, 0.1) is 5.92 Å². The molecule has 6 heteroatoms. The minimum atomic E-state index is -0.109. The largest absolute Gasteiger partial charge is 0.438 e. The first-order valence-electron chi connectivity index (χ1n) is 8.41. The molecule has 1 aliphatic rings. The lowest BCUT2D eigenvalue weighted by molar-refractivity contribution is -0.114. The molecule has 128 valence electrons. The summed E-state index contributed by atoms with van der Waals surface area (Å²) in [6.45, 7) is 3.78. The number of hydrogen-bond acceptors (Lipinski definition) is 5. The number of aryl methyl sites for hydroxylation is 1. The fourth-order valence-corrected chi connectivity index (χ4v) is 4.62. The summed E-state index contributed by atoms with van der Waals surface area (Å²) in [5.74, 6) is 1.85. The Bertz CT molecular complexity index is 951. The molecule has 0 saturated carbocycles. The van der Waals surface area contributed by atoms with Crippen LogP contribution in [0.25, 0.3) is 10.2 Å². The van der Waals surface area contributed by atoms with E-state index in [0.717, 1.165) is 23.1 Å². The lowest BCUT2D eigenvalue weighted by atomic mass is 9.89. The standard InChI is InChI=1S/C19H19N3O2S/c1-11-6-7-15-16(8-11)25-19-17(15)18(20-10-21-19)24-14-5-3-4-13(9-14)22-12(2)23/h3-5,9-11H,6-8H2,1-2H3,(H,22,23)/t11-/m0/s1. The van der Waals surface area contributed by atoms with Crippen molar-refractivity contribution in [2.75, 3.05) is 5.32 Å². The van der Waals surface area contributed by atoms with Gasteiger partial charge < -0.3 is 10.1 Å². The van der Waals surface area contributed by atoms with E-state index in [9.17, 15) is 4.79 Å². The molecule has 4 rings (SSSR count). The van der Waals surface area contributed by atoms with Crippen molar-refractivity contribution in [3.8, 4) is 11.6 Å². The van der Waals surface area contributed by atoms with E-state index in [1.807, 2.05) is 18.2 Å². The monoisotopic (exact) mass is 353 g/mol. The van der Waals surface area contributed by atoms with Crippen LogP contribution in [0.3, 0.4) is 0 Å². The van der Waals surface area contributed by atoms with Gasteiger partial charge in [-0.1, -0.05) is 13.0 Å². The molecule has 0 aliphatic heterocycles. The molecule has 3 aromatic rings. The lowest BCUT2D eigenvalue weighted by Crippen LogP contribution is -2.08. The molecule has 25 heavy (non-hydrogen) atoms. The second kappa shape index (κ2) is 6.44. The zero-order chi connectivity index (χ0) is 17.4. The minimum Gasteiger partial charge on any atom is -0.438 e. The summed E-state index contributed by atoms with van der Waals surface area (Å²) in [5.41, 5.74) is 2.04. The molecule has 1 aromatic carbocycles. The van der Waals surface area contributed by atoms with Crippen molar-refractivity contribution in [1.82, 2.24) is 9.97 Å². The van der Waals surface area contributed by atoms with Crippen LogP contribution in [0.2, 0.25) is 0 Å². The van der Waals surface area contributed by atoms with Gasteiger partial charge in [-0.25, -0.2) is 9.97 Å². The number of rotatable bonds is 3. The van der Waals surface area contributed by atoms with Gasteiger partial charge in [0.25, 0.3) is 0 Å². The maximum absolute atomic E-state index is 11.2. The number of carbonyl (C=O) groups excluding carboxylic acids is 1. The van der Waals surface area contributed by atoms with E-state index in [2.05, 4.69) is 22.2 Å². The van der Waals surface area contributed by atoms with Gasteiger partial charge in [0.2, 0.25) is 11.8 Å². The number of benzene rings is 1. The molecule has 0 unspecified atom stereocenters. The second-order valence-corrected chi connectivity index (χ2v) is 7.61. The third-order valence-electron chi connectivity index (χ3n) is 4.43. The number of amides is 1. The highest BCUT2D eigenvalue weighted by Gasteiger charge is 2.23. The molecule has 5 nitrogen and oxygen atoms in total. The van der Waals surface area contributed by atoms with Gasteiger partial charge in [0.05, 0.1) is 5.39 Å². The number of thiophene rings is 1. The number of hydrogen-bond donors (Lipinski definition) is 1. The number of ether oxygens (including phenoxy) is 1. The zero-order valence-electron chi connectivity index (χ0n) is 14.2. The van der Waals surface area contributed by atoms with Gasteiger partial charge in [-0.05, 0) is 42.9 Å². The number of aromatic nitrogens is 2.